The lowest BCUT2D eigenvalue weighted by Crippen LogP contribution is -2.16. The summed E-state index contributed by atoms with van der Waals surface area (Å²) in [6.45, 7) is 10.1. The third-order valence-electron chi connectivity index (χ3n) is 2.57. The minimum absolute atomic E-state index is 0.832. The predicted molar refractivity (Wildman–Crippen MR) is 62.8 cm³/mol. The van der Waals surface area contributed by atoms with Crippen LogP contribution in [0.3, 0.4) is 0 Å². The van der Waals surface area contributed by atoms with Crippen LogP contribution in [-0.2, 0) is 13.1 Å². The van der Waals surface area contributed by atoms with Crippen molar-refractivity contribution in [3.63, 3.8) is 0 Å². The molecule has 0 aliphatic carbocycles. The van der Waals surface area contributed by atoms with Crippen molar-refractivity contribution in [3.8, 4) is 0 Å². The third kappa shape index (κ3) is 3.68. The van der Waals surface area contributed by atoms with Gasteiger partial charge in [0.25, 0.3) is 0 Å². The van der Waals surface area contributed by atoms with E-state index in [1.54, 1.807) is 0 Å². The van der Waals surface area contributed by atoms with Crippen LogP contribution in [0.25, 0.3) is 0 Å². The van der Waals surface area contributed by atoms with Crippen molar-refractivity contribution >= 4 is 0 Å². The Balaban J connectivity index is 2.59. The maximum Gasteiger partial charge on any atom is 0.120 e. The average Bonchev–Trinajstić information content (AvgIpc) is 2.55. The molecule has 3 nitrogen and oxygen atoms in total. The quantitative estimate of drug-likeness (QED) is 0.780. The summed E-state index contributed by atoms with van der Waals surface area (Å²) in [5.74, 6) is 2.13. The van der Waals surface area contributed by atoms with Crippen LogP contribution < -0.4 is 5.32 Å². The highest BCUT2D eigenvalue weighted by Gasteiger charge is 2.08. The van der Waals surface area contributed by atoms with E-state index in [-0.39, 0.29) is 0 Å². The highest BCUT2D eigenvalue weighted by molar-refractivity contribution is 5.19. The molecular formula is C12H22N2O. The predicted octanol–water partition coefficient (Wildman–Crippen LogP) is 2.15. The summed E-state index contributed by atoms with van der Waals surface area (Å²) >= 11 is 0. The van der Waals surface area contributed by atoms with Gasteiger partial charge in [-0.15, -0.1) is 0 Å². The van der Waals surface area contributed by atoms with Gasteiger partial charge in [0.2, 0.25) is 0 Å². The first kappa shape index (κ1) is 12.3. The molecule has 0 atom stereocenters. The minimum Gasteiger partial charge on any atom is -0.463 e. The Morgan fingerprint density at radius 2 is 2.13 bits per heavy atom. The Hall–Kier alpha value is -0.800. The van der Waals surface area contributed by atoms with E-state index in [0.29, 0.717) is 0 Å². The summed E-state index contributed by atoms with van der Waals surface area (Å²) < 4.78 is 5.78. The number of hydrogen-bond acceptors (Lipinski definition) is 3. The van der Waals surface area contributed by atoms with Gasteiger partial charge in [-0.05, 0) is 38.7 Å². The van der Waals surface area contributed by atoms with Crippen LogP contribution in [0.1, 0.15) is 30.9 Å². The van der Waals surface area contributed by atoms with Gasteiger partial charge in [-0.3, -0.25) is 4.90 Å². The summed E-state index contributed by atoms with van der Waals surface area (Å²) in [5, 5.41) is 3.28. The zero-order chi connectivity index (χ0) is 11.3. The Kier molecular flexibility index (Phi) is 4.85. The van der Waals surface area contributed by atoms with Crippen molar-refractivity contribution in [2.24, 2.45) is 0 Å². The molecule has 0 bridgehead atoms. The zero-order valence-corrected chi connectivity index (χ0v) is 10.3. The number of nitrogens with one attached hydrogen (secondary N) is 1. The maximum atomic E-state index is 5.78. The first-order valence-corrected chi connectivity index (χ1v) is 5.64. The summed E-state index contributed by atoms with van der Waals surface area (Å²) in [6.07, 6.45) is 0. The second-order valence-corrected chi connectivity index (χ2v) is 3.93. The monoisotopic (exact) mass is 210 g/mol. The molecule has 86 valence electrons. The van der Waals surface area contributed by atoms with E-state index in [1.807, 2.05) is 0 Å². The molecule has 1 aromatic heterocycles. The smallest absolute Gasteiger partial charge is 0.120 e. The molecule has 1 N–H and O–H groups in total. The van der Waals surface area contributed by atoms with Gasteiger partial charge in [-0.25, -0.2) is 0 Å². The highest BCUT2D eigenvalue weighted by Crippen LogP contribution is 2.15. The van der Waals surface area contributed by atoms with Crippen molar-refractivity contribution in [2.75, 3.05) is 20.1 Å². The van der Waals surface area contributed by atoms with Crippen molar-refractivity contribution in [1.29, 1.82) is 0 Å². The summed E-state index contributed by atoms with van der Waals surface area (Å²) in [5.41, 5.74) is 1.25. The molecule has 1 rings (SSSR count). The first-order valence-electron chi connectivity index (χ1n) is 5.64. The molecule has 0 aromatic carbocycles. The summed E-state index contributed by atoms with van der Waals surface area (Å²) in [6, 6.07) is 2.14. The molecule has 0 radical (unpaired) electrons. The SMILES string of the molecule is CCNCc1oc(CN(C)CC)cc1C. The van der Waals surface area contributed by atoms with Gasteiger partial charge in [-0.2, -0.15) is 0 Å². The van der Waals surface area contributed by atoms with E-state index in [1.165, 1.54) is 5.56 Å². The molecule has 0 saturated carbocycles. The largest absolute Gasteiger partial charge is 0.463 e. The van der Waals surface area contributed by atoms with E-state index in [0.717, 1.165) is 37.7 Å². The first-order chi connectivity index (χ1) is 7.17. The Bertz CT molecular complexity index is 294. The highest BCUT2D eigenvalue weighted by atomic mass is 16.3. The van der Waals surface area contributed by atoms with Crippen LogP contribution in [0.4, 0.5) is 0 Å². The molecule has 15 heavy (non-hydrogen) atoms. The molecule has 0 aliphatic heterocycles. The van der Waals surface area contributed by atoms with Gasteiger partial charge in [-0.1, -0.05) is 13.8 Å². The molecule has 1 aromatic rings. The molecule has 0 amide bonds. The fraction of sp³-hybridized carbons (Fsp3) is 0.667. The normalized spacial score (nSPS) is 11.3. The Labute approximate surface area is 92.5 Å². The summed E-state index contributed by atoms with van der Waals surface area (Å²) in [7, 11) is 2.10. The van der Waals surface area contributed by atoms with Gasteiger partial charge in [0.1, 0.15) is 11.5 Å². The van der Waals surface area contributed by atoms with Crippen LogP contribution in [0.2, 0.25) is 0 Å². The lowest BCUT2D eigenvalue weighted by Gasteiger charge is -2.10. The second-order valence-electron chi connectivity index (χ2n) is 3.93. The molecule has 0 aliphatic rings. The zero-order valence-electron chi connectivity index (χ0n) is 10.3. The van der Waals surface area contributed by atoms with E-state index in [2.05, 4.69) is 44.1 Å². The number of hydrogen-bond donors (Lipinski definition) is 1. The van der Waals surface area contributed by atoms with Gasteiger partial charge in [0.05, 0.1) is 13.1 Å². The van der Waals surface area contributed by atoms with Crippen LogP contribution in [-0.4, -0.2) is 25.0 Å². The fourth-order valence-corrected chi connectivity index (χ4v) is 1.46. The third-order valence-corrected chi connectivity index (χ3v) is 2.57. The van der Waals surface area contributed by atoms with Gasteiger partial charge < -0.3 is 9.73 Å². The lowest BCUT2D eigenvalue weighted by atomic mass is 10.2. The van der Waals surface area contributed by atoms with Crippen molar-refractivity contribution < 1.29 is 4.42 Å². The van der Waals surface area contributed by atoms with Gasteiger partial charge in [0, 0.05) is 0 Å². The molecule has 0 spiro atoms. The van der Waals surface area contributed by atoms with E-state index in [4.69, 9.17) is 4.42 Å². The van der Waals surface area contributed by atoms with E-state index >= 15 is 0 Å². The van der Waals surface area contributed by atoms with Crippen LogP contribution >= 0.6 is 0 Å². The van der Waals surface area contributed by atoms with Gasteiger partial charge >= 0.3 is 0 Å². The van der Waals surface area contributed by atoms with Crippen molar-refractivity contribution in [1.82, 2.24) is 10.2 Å². The number of nitrogens with zero attached hydrogens (tertiary/aromatic N) is 1. The number of rotatable bonds is 6. The van der Waals surface area contributed by atoms with E-state index in [9.17, 15) is 0 Å². The van der Waals surface area contributed by atoms with E-state index < -0.39 is 0 Å². The van der Waals surface area contributed by atoms with Crippen LogP contribution in [0.15, 0.2) is 10.5 Å². The fourth-order valence-electron chi connectivity index (χ4n) is 1.46. The Morgan fingerprint density at radius 1 is 1.40 bits per heavy atom. The lowest BCUT2D eigenvalue weighted by molar-refractivity contribution is 0.302. The van der Waals surface area contributed by atoms with Crippen LogP contribution in [0, 0.1) is 6.92 Å². The number of furan rings is 1. The Morgan fingerprint density at radius 3 is 2.73 bits per heavy atom. The standard InChI is InChI=1S/C12H22N2O/c1-5-13-8-12-10(3)7-11(15-12)9-14(4)6-2/h7,13H,5-6,8-9H2,1-4H3. The summed E-state index contributed by atoms with van der Waals surface area (Å²) in [4.78, 5) is 2.23. The van der Waals surface area contributed by atoms with Crippen molar-refractivity contribution in [2.45, 2.75) is 33.9 Å². The number of aryl methyl sites for hydroxylation is 1. The minimum atomic E-state index is 0.832. The second kappa shape index (κ2) is 5.93. The molecular weight excluding hydrogens is 188 g/mol. The molecule has 3 heteroatoms. The van der Waals surface area contributed by atoms with Crippen molar-refractivity contribution in [3.05, 3.63) is 23.2 Å². The molecule has 0 unspecified atom stereocenters. The van der Waals surface area contributed by atoms with Gasteiger partial charge in [0.15, 0.2) is 0 Å². The molecule has 0 saturated heterocycles. The topological polar surface area (TPSA) is 28.4 Å². The maximum absolute atomic E-state index is 5.78. The average molecular weight is 210 g/mol. The molecule has 0 fully saturated rings. The van der Waals surface area contributed by atoms with Crippen LogP contribution in [0.5, 0.6) is 0 Å². The molecule has 1 heterocycles.